The van der Waals surface area contributed by atoms with E-state index in [1.807, 2.05) is 48.5 Å². The lowest BCUT2D eigenvalue weighted by Crippen LogP contribution is -2.17. The van der Waals surface area contributed by atoms with Gasteiger partial charge < -0.3 is 10.1 Å². The molecule has 0 fully saturated rings. The Morgan fingerprint density at radius 3 is 2.67 bits per heavy atom. The van der Waals surface area contributed by atoms with Crippen LogP contribution in [0.25, 0.3) is 10.9 Å². The Labute approximate surface area is 164 Å². The molecule has 0 atom stereocenters. The number of hydrogen-bond donors (Lipinski definition) is 1. The number of rotatable bonds is 5. The number of hydrogen-bond acceptors (Lipinski definition) is 4. The molecular weight excluding hydrogens is 356 g/mol. The van der Waals surface area contributed by atoms with Crippen molar-refractivity contribution in [1.29, 1.82) is 0 Å². The molecule has 0 saturated heterocycles. The first-order valence-electron chi connectivity index (χ1n) is 8.83. The smallest absolute Gasteiger partial charge is 0.234 e. The lowest BCUT2D eigenvalue weighted by molar-refractivity contribution is -0.113. The minimum atomic E-state index is -0.0720. The third-order valence-electron chi connectivity index (χ3n) is 4.29. The van der Waals surface area contributed by atoms with Gasteiger partial charge in [-0.25, -0.2) is 0 Å². The fraction of sp³-hybridized carbons (Fsp3) is 0.273. The number of ether oxygens (including phenoxy) is 1. The van der Waals surface area contributed by atoms with Gasteiger partial charge in [0.1, 0.15) is 5.75 Å². The molecule has 0 spiro atoms. The molecule has 3 aromatic rings. The molecule has 1 heterocycles. The lowest BCUT2D eigenvalue weighted by Gasteiger charge is -2.21. The molecule has 1 N–H and O–H groups in total. The van der Waals surface area contributed by atoms with Crippen molar-refractivity contribution in [3.63, 3.8) is 0 Å². The average molecular weight is 381 g/mol. The summed E-state index contributed by atoms with van der Waals surface area (Å²) in [6.45, 7) is 6.43. The van der Waals surface area contributed by atoms with Crippen molar-refractivity contribution in [2.75, 3.05) is 18.2 Å². The third-order valence-corrected chi connectivity index (χ3v) is 5.34. The number of pyridine rings is 1. The molecule has 0 aliphatic carbocycles. The van der Waals surface area contributed by atoms with E-state index in [4.69, 9.17) is 4.74 Å². The third kappa shape index (κ3) is 4.61. The van der Waals surface area contributed by atoms with Crippen molar-refractivity contribution >= 4 is 34.3 Å². The number of anilines is 1. The second kappa shape index (κ2) is 8.01. The Balaban J connectivity index is 1.74. The SMILES string of the molecule is COc1ccc(C(C)(C)C)cc1NC(=O)CSc1cccc2cccnc12. The number of nitrogens with zero attached hydrogens (tertiary/aromatic N) is 1. The second-order valence-electron chi connectivity index (χ2n) is 7.33. The Bertz CT molecular complexity index is 959. The zero-order chi connectivity index (χ0) is 19.4. The molecule has 140 valence electrons. The van der Waals surface area contributed by atoms with E-state index in [2.05, 4.69) is 31.1 Å². The Morgan fingerprint density at radius 2 is 1.93 bits per heavy atom. The first kappa shape index (κ1) is 19.2. The van der Waals surface area contributed by atoms with E-state index in [0.29, 0.717) is 17.2 Å². The maximum atomic E-state index is 12.5. The van der Waals surface area contributed by atoms with Crippen LogP contribution in [0.1, 0.15) is 26.3 Å². The van der Waals surface area contributed by atoms with Crippen LogP contribution in [0.15, 0.2) is 59.6 Å². The van der Waals surface area contributed by atoms with Crippen molar-refractivity contribution in [2.24, 2.45) is 0 Å². The Hall–Kier alpha value is -2.53. The first-order valence-corrected chi connectivity index (χ1v) is 9.82. The normalized spacial score (nSPS) is 11.4. The summed E-state index contributed by atoms with van der Waals surface area (Å²) in [4.78, 5) is 18.0. The van der Waals surface area contributed by atoms with Crippen molar-refractivity contribution in [2.45, 2.75) is 31.1 Å². The van der Waals surface area contributed by atoms with Crippen molar-refractivity contribution < 1.29 is 9.53 Å². The molecule has 4 nitrogen and oxygen atoms in total. The van der Waals surface area contributed by atoms with Crippen LogP contribution in [0.3, 0.4) is 0 Å². The monoisotopic (exact) mass is 380 g/mol. The molecule has 0 aliphatic heterocycles. The highest BCUT2D eigenvalue weighted by molar-refractivity contribution is 8.00. The molecular formula is C22H24N2O2S. The maximum absolute atomic E-state index is 12.5. The minimum Gasteiger partial charge on any atom is -0.495 e. The van der Waals surface area contributed by atoms with E-state index in [-0.39, 0.29) is 11.3 Å². The maximum Gasteiger partial charge on any atom is 0.234 e. The zero-order valence-electron chi connectivity index (χ0n) is 16.1. The molecule has 27 heavy (non-hydrogen) atoms. The molecule has 0 aliphatic rings. The van der Waals surface area contributed by atoms with Gasteiger partial charge in [0.15, 0.2) is 0 Å². The fourth-order valence-corrected chi connectivity index (χ4v) is 3.64. The lowest BCUT2D eigenvalue weighted by atomic mass is 9.87. The number of thioether (sulfide) groups is 1. The summed E-state index contributed by atoms with van der Waals surface area (Å²) in [6.07, 6.45) is 1.77. The van der Waals surface area contributed by atoms with E-state index in [9.17, 15) is 4.79 Å². The molecule has 0 radical (unpaired) electrons. The van der Waals surface area contributed by atoms with Crippen LogP contribution in [0.5, 0.6) is 5.75 Å². The molecule has 1 amide bonds. The number of carbonyl (C=O) groups is 1. The highest BCUT2D eigenvalue weighted by Gasteiger charge is 2.17. The molecule has 2 aromatic carbocycles. The molecule has 3 rings (SSSR count). The van der Waals surface area contributed by atoms with Crippen LogP contribution in [0, 0.1) is 0 Å². The van der Waals surface area contributed by atoms with Gasteiger partial charge in [-0.15, -0.1) is 11.8 Å². The van der Waals surface area contributed by atoms with Gasteiger partial charge in [-0.05, 0) is 35.2 Å². The van der Waals surface area contributed by atoms with Crippen molar-refractivity contribution in [1.82, 2.24) is 4.98 Å². The van der Waals surface area contributed by atoms with Crippen molar-refractivity contribution in [3.8, 4) is 5.75 Å². The summed E-state index contributed by atoms with van der Waals surface area (Å²) < 4.78 is 5.40. The number of aromatic nitrogens is 1. The number of fused-ring (bicyclic) bond motifs is 1. The summed E-state index contributed by atoms with van der Waals surface area (Å²) in [5.74, 6) is 0.893. The zero-order valence-corrected chi connectivity index (χ0v) is 16.9. The van der Waals surface area contributed by atoms with Crippen LogP contribution in [0.2, 0.25) is 0 Å². The van der Waals surface area contributed by atoms with E-state index in [1.54, 1.807) is 13.3 Å². The predicted octanol–water partition coefficient (Wildman–Crippen LogP) is 5.27. The van der Waals surface area contributed by atoms with Crippen LogP contribution >= 0.6 is 11.8 Å². The molecule has 0 saturated carbocycles. The summed E-state index contributed by atoms with van der Waals surface area (Å²) in [5, 5.41) is 4.06. The number of amides is 1. The molecule has 0 bridgehead atoms. The van der Waals surface area contributed by atoms with Crippen molar-refractivity contribution in [3.05, 3.63) is 60.3 Å². The number of benzene rings is 2. The standard InChI is InChI=1S/C22H24N2O2S/c1-22(2,3)16-10-11-18(26-4)17(13-16)24-20(25)14-27-19-9-5-7-15-8-6-12-23-21(15)19/h5-13H,14H2,1-4H3,(H,24,25). The second-order valence-corrected chi connectivity index (χ2v) is 8.35. The van der Waals surface area contributed by atoms with E-state index >= 15 is 0 Å². The fourth-order valence-electron chi connectivity index (χ4n) is 2.79. The summed E-state index contributed by atoms with van der Waals surface area (Å²) in [6, 6.07) is 15.9. The minimum absolute atomic E-state index is 0.00484. The first-order chi connectivity index (χ1) is 12.9. The summed E-state index contributed by atoms with van der Waals surface area (Å²) in [5.41, 5.74) is 2.76. The summed E-state index contributed by atoms with van der Waals surface area (Å²) >= 11 is 1.49. The van der Waals surface area contributed by atoms with Gasteiger partial charge in [0.05, 0.1) is 24.1 Å². The number of para-hydroxylation sites is 1. The van der Waals surface area contributed by atoms with Crippen LogP contribution < -0.4 is 10.1 Å². The Kier molecular flexibility index (Phi) is 5.71. The highest BCUT2D eigenvalue weighted by atomic mass is 32.2. The molecule has 0 unspecified atom stereocenters. The van der Waals surface area contributed by atoms with Gasteiger partial charge in [0.25, 0.3) is 0 Å². The number of methoxy groups -OCH3 is 1. The average Bonchev–Trinajstić information content (AvgIpc) is 2.65. The van der Waals surface area contributed by atoms with Gasteiger partial charge in [0, 0.05) is 16.5 Å². The van der Waals surface area contributed by atoms with E-state index in [0.717, 1.165) is 21.4 Å². The van der Waals surface area contributed by atoms with Crippen LogP contribution in [-0.4, -0.2) is 23.8 Å². The van der Waals surface area contributed by atoms with E-state index < -0.39 is 0 Å². The quantitative estimate of drug-likeness (QED) is 0.613. The van der Waals surface area contributed by atoms with Gasteiger partial charge in [0.2, 0.25) is 5.91 Å². The van der Waals surface area contributed by atoms with E-state index in [1.165, 1.54) is 11.8 Å². The van der Waals surface area contributed by atoms with Crippen LogP contribution in [-0.2, 0) is 10.2 Å². The number of nitrogens with one attached hydrogen (secondary N) is 1. The topological polar surface area (TPSA) is 51.2 Å². The van der Waals surface area contributed by atoms with Gasteiger partial charge >= 0.3 is 0 Å². The van der Waals surface area contributed by atoms with Gasteiger partial charge in [-0.1, -0.05) is 45.0 Å². The summed E-state index contributed by atoms with van der Waals surface area (Å²) in [7, 11) is 1.61. The number of carbonyl (C=O) groups excluding carboxylic acids is 1. The van der Waals surface area contributed by atoms with Crippen LogP contribution in [0.4, 0.5) is 5.69 Å². The molecule has 1 aromatic heterocycles. The van der Waals surface area contributed by atoms with Gasteiger partial charge in [-0.3, -0.25) is 9.78 Å². The predicted molar refractivity (Wildman–Crippen MR) is 113 cm³/mol. The highest BCUT2D eigenvalue weighted by Crippen LogP contribution is 2.32. The largest absolute Gasteiger partial charge is 0.495 e. The Morgan fingerprint density at radius 1 is 1.15 bits per heavy atom. The van der Waals surface area contributed by atoms with Gasteiger partial charge in [-0.2, -0.15) is 0 Å². The molecule has 5 heteroatoms.